The Morgan fingerprint density at radius 1 is 1.12 bits per heavy atom. The van der Waals surface area contributed by atoms with Crippen molar-refractivity contribution in [1.82, 2.24) is 30.5 Å². The van der Waals surface area contributed by atoms with Crippen molar-refractivity contribution in [3.8, 4) is 33.7 Å². The summed E-state index contributed by atoms with van der Waals surface area (Å²) in [5.74, 6) is 0.918. The van der Waals surface area contributed by atoms with Gasteiger partial charge in [0.05, 0.1) is 10.6 Å². The van der Waals surface area contributed by atoms with Crippen molar-refractivity contribution in [1.29, 1.82) is 0 Å². The number of aryl methyl sites for hydroxylation is 1. The molecule has 2 N–H and O–H groups in total. The summed E-state index contributed by atoms with van der Waals surface area (Å²) in [6, 6.07) is 5.96. The van der Waals surface area contributed by atoms with Crippen molar-refractivity contribution in [3.63, 3.8) is 0 Å². The molecule has 0 aromatic carbocycles. The van der Waals surface area contributed by atoms with E-state index >= 15 is 0 Å². The summed E-state index contributed by atoms with van der Waals surface area (Å²) in [4.78, 5) is 5.61. The van der Waals surface area contributed by atoms with Gasteiger partial charge in [0.1, 0.15) is 5.69 Å². The summed E-state index contributed by atoms with van der Waals surface area (Å²) in [5, 5.41) is 20.9. The van der Waals surface area contributed by atoms with Crippen molar-refractivity contribution in [2.45, 2.75) is 25.7 Å². The smallest absolute Gasteiger partial charge is 0.278 e. The summed E-state index contributed by atoms with van der Waals surface area (Å²) in [6.07, 6.45) is 4.42. The second-order valence-corrected chi connectivity index (χ2v) is 6.75. The molecule has 1 aliphatic carbocycles. The Labute approximate surface area is 141 Å². The van der Waals surface area contributed by atoms with Crippen LogP contribution in [-0.2, 0) is 12.8 Å². The number of fused-ring (bicyclic) bond motifs is 1. The summed E-state index contributed by atoms with van der Waals surface area (Å²) in [6.45, 7) is 0. The molecule has 0 saturated carbocycles. The number of rotatable bonds is 3. The molecule has 0 amide bonds. The minimum atomic E-state index is 0.400. The van der Waals surface area contributed by atoms with Gasteiger partial charge in [0.25, 0.3) is 5.89 Å². The molecule has 0 fully saturated rings. The highest BCUT2D eigenvalue weighted by molar-refractivity contribution is 7.13. The number of nitrogens with zero attached hydrogens (tertiary/aromatic N) is 4. The van der Waals surface area contributed by atoms with Gasteiger partial charge in [-0.3, -0.25) is 10.2 Å². The number of thiophene rings is 1. The molecule has 4 aromatic rings. The highest BCUT2D eigenvalue weighted by Gasteiger charge is 2.22. The summed E-state index contributed by atoms with van der Waals surface area (Å²) in [5.41, 5.74) is 4.80. The highest BCUT2D eigenvalue weighted by atomic mass is 32.1. The minimum absolute atomic E-state index is 0.400. The lowest BCUT2D eigenvalue weighted by Gasteiger charge is -2.09. The molecular weight excluding hydrogens is 324 g/mol. The van der Waals surface area contributed by atoms with E-state index in [9.17, 15) is 0 Å². The zero-order chi connectivity index (χ0) is 15.9. The summed E-state index contributed by atoms with van der Waals surface area (Å²) in [7, 11) is 0. The van der Waals surface area contributed by atoms with Crippen LogP contribution in [0.4, 0.5) is 0 Å². The van der Waals surface area contributed by atoms with Crippen LogP contribution >= 0.6 is 11.3 Å². The van der Waals surface area contributed by atoms with Crippen LogP contribution < -0.4 is 0 Å². The third-order valence-corrected chi connectivity index (χ3v) is 5.18. The SMILES string of the molecule is c1csc(-c2cc(-c3nc(-c4n[nH]c5c4CCCC5)no3)n[nH]2)c1. The van der Waals surface area contributed by atoms with Gasteiger partial charge in [0.15, 0.2) is 5.69 Å². The first-order valence-corrected chi connectivity index (χ1v) is 8.76. The summed E-state index contributed by atoms with van der Waals surface area (Å²) < 4.78 is 5.40. The van der Waals surface area contributed by atoms with Crippen LogP contribution in [0.3, 0.4) is 0 Å². The maximum Gasteiger partial charge on any atom is 0.278 e. The number of nitrogens with one attached hydrogen (secondary N) is 2. The number of aromatic amines is 2. The molecule has 0 spiro atoms. The Bertz CT molecular complexity index is 980. The van der Waals surface area contributed by atoms with Gasteiger partial charge in [-0.25, -0.2) is 0 Å². The normalized spacial score (nSPS) is 14.0. The number of H-pyrrole nitrogens is 2. The monoisotopic (exact) mass is 338 g/mol. The van der Waals surface area contributed by atoms with Crippen molar-refractivity contribution < 1.29 is 4.52 Å². The van der Waals surface area contributed by atoms with Crippen LogP contribution in [0, 0.1) is 0 Å². The highest BCUT2D eigenvalue weighted by Crippen LogP contribution is 2.30. The van der Waals surface area contributed by atoms with E-state index in [1.807, 2.05) is 23.6 Å². The quantitative estimate of drug-likeness (QED) is 0.596. The van der Waals surface area contributed by atoms with Gasteiger partial charge in [-0.05, 0) is 43.2 Å². The zero-order valence-electron chi connectivity index (χ0n) is 12.7. The Hall–Kier alpha value is -2.74. The van der Waals surface area contributed by atoms with E-state index in [1.54, 1.807) is 11.3 Å². The Morgan fingerprint density at radius 2 is 2.08 bits per heavy atom. The van der Waals surface area contributed by atoms with Crippen molar-refractivity contribution in [3.05, 3.63) is 34.8 Å². The van der Waals surface area contributed by atoms with E-state index in [1.165, 1.54) is 24.1 Å². The maximum absolute atomic E-state index is 5.40. The van der Waals surface area contributed by atoms with Gasteiger partial charge < -0.3 is 4.52 Å². The van der Waals surface area contributed by atoms with Gasteiger partial charge in [-0.15, -0.1) is 11.3 Å². The lowest BCUT2D eigenvalue weighted by Crippen LogP contribution is -2.01. The van der Waals surface area contributed by atoms with E-state index in [4.69, 9.17) is 4.52 Å². The van der Waals surface area contributed by atoms with Crippen molar-refractivity contribution in [2.24, 2.45) is 0 Å². The fraction of sp³-hybridized carbons (Fsp3) is 0.250. The molecule has 0 radical (unpaired) electrons. The Balaban J connectivity index is 1.48. The predicted molar refractivity (Wildman–Crippen MR) is 89.4 cm³/mol. The topological polar surface area (TPSA) is 96.3 Å². The van der Waals surface area contributed by atoms with Gasteiger partial charge in [0, 0.05) is 11.3 Å². The fourth-order valence-corrected chi connectivity index (χ4v) is 3.77. The molecule has 0 bridgehead atoms. The van der Waals surface area contributed by atoms with E-state index in [0.29, 0.717) is 17.4 Å². The zero-order valence-corrected chi connectivity index (χ0v) is 13.6. The molecule has 4 aromatic heterocycles. The standard InChI is InChI=1S/C16H14N6OS/c1-2-5-10-9(4-1)14(21-18-10)15-17-16(23-22-15)12-8-11(19-20-12)13-6-3-7-24-13/h3,6-8H,1-2,4-5H2,(H,18,21)(H,19,20). The van der Waals surface area contributed by atoms with Gasteiger partial charge in [-0.1, -0.05) is 11.2 Å². The van der Waals surface area contributed by atoms with E-state index in [0.717, 1.165) is 29.1 Å². The van der Waals surface area contributed by atoms with E-state index in [-0.39, 0.29) is 0 Å². The molecule has 1 aliphatic rings. The van der Waals surface area contributed by atoms with Gasteiger partial charge >= 0.3 is 0 Å². The van der Waals surface area contributed by atoms with Crippen LogP contribution in [0.15, 0.2) is 28.1 Å². The maximum atomic E-state index is 5.40. The molecule has 4 heterocycles. The first-order chi connectivity index (χ1) is 11.9. The second-order valence-electron chi connectivity index (χ2n) is 5.80. The molecule has 8 heteroatoms. The average Bonchev–Trinajstić information content (AvgIpc) is 3.40. The molecule has 5 rings (SSSR count). The fourth-order valence-electron chi connectivity index (χ4n) is 3.08. The molecule has 0 saturated heterocycles. The Kier molecular flexibility index (Phi) is 3.08. The Morgan fingerprint density at radius 3 is 3.00 bits per heavy atom. The second kappa shape index (κ2) is 5.41. The molecule has 24 heavy (non-hydrogen) atoms. The third kappa shape index (κ3) is 2.18. The van der Waals surface area contributed by atoms with Crippen LogP contribution in [0.25, 0.3) is 33.7 Å². The van der Waals surface area contributed by atoms with Crippen LogP contribution in [0.2, 0.25) is 0 Å². The molecule has 7 nitrogen and oxygen atoms in total. The van der Waals surface area contributed by atoms with E-state index in [2.05, 4.69) is 30.5 Å². The first kappa shape index (κ1) is 13.7. The van der Waals surface area contributed by atoms with Gasteiger partial charge in [-0.2, -0.15) is 15.2 Å². The van der Waals surface area contributed by atoms with Crippen LogP contribution in [-0.4, -0.2) is 30.5 Å². The van der Waals surface area contributed by atoms with Gasteiger partial charge in [0.2, 0.25) is 5.82 Å². The molecule has 120 valence electrons. The average molecular weight is 338 g/mol. The van der Waals surface area contributed by atoms with Crippen molar-refractivity contribution >= 4 is 11.3 Å². The first-order valence-electron chi connectivity index (χ1n) is 7.88. The van der Waals surface area contributed by atoms with Crippen molar-refractivity contribution in [2.75, 3.05) is 0 Å². The lowest BCUT2D eigenvalue weighted by molar-refractivity contribution is 0.430. The molecule has 0 aliphatic heterocycles. The summed E-state index contributed by atoms with van der Waals surface area (Å²) >= 11 is 1.65. The number of hydrogen-bond acceptors (Lipinski definition) is 6. The molecule has 0 unspecified atom stereocenters. The number of aromatic nitrogens is 6. The lowest BCUT2D eigenvalue weighted by atomic mass is 9.96. The van der Waals surface area contributed by atoms with Crippen LogP contribution in [0.1, 0.15) is 24.1 Å². The third-order valence-electron chi connectivity index (χ3n) is 4.28. The minimum Gasteiger partial charge on any atom is -0.332 e. The number of hydrogen-bond donors (Lipinski definition) is 2. The molecular formula is C16H14N6OS. The van der Waals surface area contributed by atoms with E-state index < -0.39 is 0 Å². The predicted octanol–water partition coefficient (Wildman–Crippen LogP) is 3.46. The largest absolute Gasteiger partial charge is 0.332 e. The van der Waals surface area contributed by atoms with Crippen LogP contribution in [0.5, 0.6) is 0 Å². The molecule has 0 atom stereocenters.